The smallest absolute Gasteiger partial charge is 0.326 e. The van der Waals surface area contributed by atoms with Crippen LogP contribution in [0.2, 0.25) is 0 Å². The predicted molar refractivity (Wildman–Crippen MR) is 127 cm³/mol. The fourth-order valence-electron chi connectivity index (χ4n) is 4.66. The van der Waals surface area contributed by atoms with Crippen LogP contribution >= 0.6 is 0 Å². The van der Waals surface area contributed by atoms with Gasteiger partial charge in [0.15, 0.2) is 0 Å². The maximum absolute atomic E-state index is 13.4. The SMILES string of the molecule is Cc1cc(O)cc(C)c1CC(N)C(=O)N1Cc2cc(-c3ccccc3)ccc2C[C@H]1C(=O)O. The first kappa shape index (κ1) is 22.6. The fraction of sp³-hybridized carbons (Fsp3) is 0.259. The first-order chi connectivity index (χ1) is 15.7. The maximum atomic E-state index is 13.4. The second-order valence-electron chi connectivity index (χ2n) is 8.74. The van der Waals surface area contributed by atoms with E-state index in [1.165, 1.54) is 4.90 Å². The minimum Gasteiger partial charge on any atom is -0.508 e. The number of hydrogen-bond donors (Lipinski definition) is 3. The van der Waals surface area contributed by atoms with Crippen molar-refractivity contribution in [2.24, 2.45) is 5.73 Å². The van der Waals surface area contributed by atoms with Crippen LogP contribution in [0, 0.1) is 13.8 Å². The number of benzene rings is 3. The van der Waals surface area contributed by atoms with Crippen molar-refractivity contribution in [1.29, 1.82) is 0 Å². The van der Waals surface area contributed by atoms with E-state index in [4.69, 9.17) is 5.73 Å². The number of nitrogens with zero attached hydrogens (tertiary/aromatic N) is 1. The standard InChI is InChI=1S/C27H28N2O4/c1-16-10-22(30)11-17(2)23(16)14-24(28)26(31)29-15-21-12-19(18-6-4-3-5-7-18)8-9-20(21)13-25(29)27(32)33/h3-12,24-25,30H,13-15,28H2,1-2H3,(H,32,33)/t24?,25-/m0/s1. The number of nitrogens with two attached hydrogens (primary N) is 1. The zero-order valence-corrected chi connectivity index (χ0v) is 18.8. The number of amides is 1. The largest absolute Gasteiger partial charge is 0.508 e. The number of carbonyl (C=O) groups is 2. The molecule has 0 bridgehead atoms. The summed E-state index contributed by atoms with van der Waals surface area (Å²) in [5, 5.41) is 19.6. The highest BCUT2D eigenvalue weighted by molar-refractivity contribution is 5.88. The highest BCUT2D eigenvalue weighted by atomic mass is 16.4. The molecular formula is C27H28N2O4. The van der Waals surface area contributed by atoms with Crippen molar-refractivity contribution in [3.8, 4) is 16.9 Å². The van der Waals surface area contributed by atoms with E-state index in [0.29, 0.717) is 0 Å². The number of phenols is 1. The van der Waals surface area contributed by atoms with Gasteiger partial charge in [0.25, 0.3) is 0 Å². The lowest BCUT2D eigenvalue weighted by atomic mass is 9.89. The Balaban J connectivity index is 1.61. The van der Waals surface area contributed by atoms with Gasteiger partial charge in [0.2, 0.25) is 5.91 Å². The zero-order valence-electron chi connectivity index (χ0n) is 18.8. The highest BCUT2D eigenvalue weighted by Gasteiger charge is 2.36. The molecule has 0 spiro atoms. The van der Waals surface area contributed by atoms with Gasteiger partial charge in [-0.25, -0.2) is 4.79 Å². The van der Waals surface area contributed by atoms with Crippen molar-refractivity contribution < 1.29 is 19.8 Å². The molecule has 1 aliphatic heterocycles. The second kappa shape index (κ2) is 9.08. The van der Waals surface area contributed by atoms with E-state index >= 15 is 0 Å². The molecule has 170 valence electrons. The number of carboxylic acids is 1. The van der Waals surface area contributed by atoms with Crippen molar-refractivity contribution in [1.82, 2.24) is 4.90 Å². The molecular weight excluding hydrogens is 416 g/mol. The number of hydrogen-bond acceptors (Lipinski definition) is 4. The molecule has 6 nitrogen and oxygen atoms in total. The molecule has 3 aromatic carbocycles. The van der Waals surface area contributed by atoms with Gasteiger partial charge in [-0.05, 0) is 77.4 Å². The van der Waals surface area contributed by atoms with Crippen molar-refractivity contribution in [3.63, 3.8) is 0 Å². The van der Waals surface area contributed by atoms with Gasteiger partial charge in [-0.3, -0.25) is 4.79 Å². The summed E-state index contributed by atoms with van der Waals surface area (Å²) in [6.07, 6.45) is 0.520. The Kier molecular flexibility index (Phi) is 6.20. The molecule has 33 heavy (non-hydrogen) atoms. The van der Waals surface area contributed by atoms with Crippen LogP contribution < -0.4 is 5.73 Å². The van der Waals surface area contributed by atoms with E-state index in [1.54, 1.807) is 12.1 Å². The van der Waals surface area contributed by atoms with E-state index in [2.05, 4.69) is 0 Å². The van der Waals surface area contributed by atoms with E-state index in [-0.39, 0.29) is 31.0 Å². The molecule has 0 saturated carbocycles. The van der Waals surface area contributed by atoms with E-state index in [0.717, 1.165) is 38.9 Å². The summed E-state index contributed by atoms with van der Waals surface area (Å²) in [6, 6.07) is 17.4. The van der Waals surface area contributed by atoms with Gasteiger partial charge in [0.05, 0.1) is 6.04 Å². The van der Waals surface area contributed by atoms with Crippen LogP contribution in [0.1, 0.15) is 27.8 Å². The highest BCUT2D eigenvalue weighted by Crippen LogP contribution is 2.30. The third-order valence-electron chi connectivity index (χ3n) is 6.43. The summed E-state index contributed by atoms with van der Waals surface area (Å²) in [5.41, 5.74) is 12.9. The van der Waals surface area contributed by atoms with Crippen LogP contribution in [-0.2, 0) is 29.0 Å². The lowest BCUT2D eigenvalue weighted by molar-refractivity contribution is -0.152. The quantitative estimate of drug-likeness (QED) is 0.558. The van der Waals surface area contributed by atoms with Gasteiger partial charge in [0, 0.05) is 13.0 Å². The molecule has 6 heteroatoms. The fourth-order valence-corrected chi connectivity index (χ4v) is 4.66. The number of rotatable bonds is 5. The van der Waals surface area contributed by atoms with Crippen molar-refractivity contribution in [3.05, 3.63) is 88.5 Å². The summed E-state index contributed by atoms with van der Waals surface area (Å²) in [5.74, 6) is -1.25. The lowest BCUT2D eigenvalue weighted by Crippen LogP contribution is -2.54. The Hall–Kier alpha value is -3.64. The van der Waals surface area contributed by atoms with Crippen LogP contribution in [0.3, 0.4) is 0 Å². The van der Waals surface area contributed by atoms with Crippen LogP contribution in [0.25, 0.3) is 11.1 Å². The Bertz CT molecular complexity index is 1180. The number of aryl methyl sites for hydroxylation is 2. The summed E-state index contributed by atoms with van der Waals surface area (Å²) in [7, 11) is 0. The molecule has 0 aromatic heterocycles. The van der Waals surface area contributed by atoms with Crippen LogP contribution in [0.4, 0.5) is 0 Å². The molecule has 4 N–H and O–H groups in total. The van der Waals surface area contributed by atoms with Crippen LogP contribution in [-0.4, -0.2) is 39.1 Å². The molecule has 1 unspecified atom stereocenters. The van der Waals surface area contributed by atoms with Crippen molar-refractivity contribution in [2.45, 2.75) is 45.3 Å². The number of phenolic OH excluding ortho intramolecular Hbond substituents is 1. The van der Waals surface area contributed by atoms with Gasteiger partial charge in [-0.15, -0.1) is 0 Å². The number of aromatic hydroxyl groups is 1. The second-order valence-corrected chi connectivity index (χ2v) is 8.74. The van der Waals surface area contributed by atoms with Gasteiger partial charge in [-0.2, -0.15) is 0 Å². The number of carbonyl (C=O) groups excluding carboxylic acids is 1. The topological polar surface area (TPSA) is 104 Å². The van der Waals surface area contributed by atoms with E-state index in [1.807, 2.05) is 62.4 Å². The average molecular weight is 445 g/mol. The molecule has 1 heterocycles. The molecule has 1 aliphatic rings. The molecule has 0 saturated heterocycles. The number of carboxylic acid groups (broad SMARTS) is 1. The minimum atomic E-state index is -1.04. The minimum absolute atomic E-state index is 0.168. The maximum Gasteiger partial charge on any atom is 0.326 e. The van der Waals surface area contributed by atoms with E-state index in [9.17, 15) is 19.8 Å². The summed E-state index contributed by atoms with van der Waals surface area (Å²) >= 11 is 0. The normalized spacial score (nSPS) is 16.2. The van der Waals surface area contributed by atoms with Gasteiger partial charge >= 0.3 is 5.97 Å². The molecule has 3 aromatic rings. The summed E-state index contributed by atoms with van der Waals surface area (Å²) in [4.78, 5) is 26.8. The molecule has 2 atom stereocenters. The first-order valence-corrected chi connectivity index (χ1v) is 11.0. The molecule has 0 fully saturated rings. The Morgan fingerprint density at radius 3 is 2.30 bits per heavy atom. The zero-order chi connectivity index (χ0) is 23.7. The monoisotopic (exact) mass is 444 g/mol. The summed E-state index contributed by atoms with van der Waals surface area (Å²) < 4.78 is 0. The third kappa shape index (κ3) is 4.61. The van der Waals surface area contributed by atoms with Gasteiger partial charge in [-0.1, -0.05) is 42.5 Å². The Morgan fingerprint density at radius 1 is 1.00 bits per heavy atom. The molecule has 0 radical (unpaired) electrons. The number of aliphatic carboxylic acids is 1. The Labute approximate surface area is 193 Å². The third-order valence-corrected chi connectivity index (χ3v) is 6.43. The number of fused-ring (bicyclic) bond motifs is 1. The van der Waals surface area contributed by atoms with Crippen molar-refractivity contribution in [2.75, 3.05) is 0 Å². The van der Waals surface area contributed by atoms with Gasteiger partial charge < -0.3 is 20.8 Å². The predicted octanol–water partition coefficient (Wildman–Crippen LogP) is 3.58. The lowest BCUT2D eigenvalue weighted by Gasteiger charge is -2.36. The van der Waals surface area contributed by atoms with Crippen LogP contribution in [0.15, 0.2) is 60.7 Å². The molecule has 1 amide bonds. The van der Waals surface area contributed by atoms with Crippen LogP contribution in [0.5, 0.6) is 5.75 Å². The average Bonchev–Trinajstić information content (AvgIpc) is 2.80. The Morgan fingerprint density at radius 2 is 1.67 bits per heavy atom. The molecule has 0 aliphatic carbocycles. The first-order valence-electron chi connectivity index (χ1n) is 11.0. The van der Waals surface area contributed by atoms with Crippen molar-refractivity contribution >= 4 is 11.9 Å². The molecule has 4 rings (SSSR count). The van der Waals surface area contributed by atoms with Gasteiger partial charge in [0.1, 0.15) is 11.8 Å². The van der Waals surface area contributed by atoms with E-state index < -0.39 is 18.1 Å². The summed E-state index contributed by atoms with van der Waals surface area (Å²) in [6.45, 7) is 3.93.